The summed E-state index contributed by atoms with van der Waals surface area (Å²) in [6.45, 7) is 1.30. The summed E-state index contributed by atoms with van der Waals surface area (Å²) in [6, 6.07) is 6.17. The maximum absolute atomic E-state index is 15.0. The van der Waals surface area contributed by atoms with Crippen molar-refractivity contribution in [2.24, 2.45) is 0 Å². The first-order chi connectivity index (χ1) is 16.6. The molecule has 0 saturated carbocycles. The van der Waals surface area contributed by atoms with Crippen LogP contribution in [0.3, 0.4) is 0 Å². The number of anilines is 1. The molecular weight excluding hydrogens is 448 g/mol. The molecule has 0 aliphatic carbocycles. The van der Waals surface area contributed by atoms with E-state index in [0.29, 0.717) is 18.7 Å². The Hall–Kier alpha value is -4.26. The average Bonchev–Trinajstić information content (AvgIpc) is 3.60. The SMILES string of the molecule is O=C1O[C@@H](Cn2ccnn2)CN1c1ccc(-c2ccc(CNCc3cn[nH]n3)nc2)c(F)c1F. The van der Waals surface area contributed by atoms with Crippen LogP contribution in [0.1, 0.15) is 11.4 Å². The summed E-state index contributed by atoms with van der Waals surface area (Å²) in [5.74, 6) is -2.20. The number of halogens is 2. The number of amides is 1. The summed E-state index contributed by atoms with van der Waals surface area (Å²) >= 11 is 0. The minimum Gasteiger partial charge on any atom is -0.442 e. The smallest absolute Gasteiger partial charge is 0.414 e. The van der Waals surface area contributed by atoms with Gasteiger partial charge in [0, 0.05) is 36.6 Å². The fourth-order valence-electron chi connectivity index (χ4n) is 3.64. The van der Waals surface area contributed by atoms with Gasteiger partial charge >= 0.3 is 6.09 Å². The Morgan fingerprint density at radius 3 is 2.74 bits per heavy atom. The first-order valence-electron chi connectivity index (χ1n) is 10.4. The van der Waals surface area contributed by atoms with Crippen LogP contribution in [-0.4, -0.2) is 54.1 Å². The Labute approximate surface area is 191 Å². The van der Waals surface area contributed by atoms with Gasteiger partial charge in [0.15, 0.2) is 11.6 Å². The molecule has 11 nitrogen and oxygen atoms in total. The number of pyridine rings is 1. The van der Waals surface area contributed by atoms with Crippen molar-refractivity contribution in [2.45, 2.75) is 25.7 Å². The zero-order valence-electron chi connectivity index (χ0n) is 17.7. The zero-order chi connectivity index (χ0) is 23.5. The lowest BCUT2D eigenvalue weighted by molar-refractivity contribution is 0.129. The van der Waals surface area contributed by atoms with Crippen molar-refractivity contribution in [3.05, 3.63) is 72.1 Å². The molecule has 5 rings (SSSR count). The number of aromatic nitrogens is 7. The van der Waals surface area contributed by atoms with Crippen molar-refractivity contribution >= 4 is 11.8 Å². The van der Waals surface area contributed by atoms with Crippen molar-refractivity contribution in [3.8, 4) is 11.1 Å². The van der Waals surface area contributed by atoms with Gasteiger partial charge in [0.1, 0.15) is 6.10 Å². The van der Waals surface area contributed by atoms with Crippen molar-refractivity contribution in [3.63, 3.8) is 0 Å². The Morgan fingerprint density at radius 2 is 2.00 bits per heavy atom. The molecular formula is C21H19F2N9O2. The summed E-state index contributed by atoms with van der Waals surface area (Å²) in [5.41, 5.74) is 1.76. The van der Waals surface area contributed by atoms with E-state index in [4.69, 9.17) is 4.74 Å². The zero-order valence-corrected chi connectivity index (χ0v) is 17.7. The van der Waals surface area contributed by atoms with Crippen LogP contribution in [0.4, 0.5) is 19.3 Å². The lowest BCUT2D eigenvalue weighted by Gasteiger charge is -2.16. The number of hydrogen-bond donors (Lipinski definition) is 2. The predicted molar refractivity (Wildman–Crippen MR) is 114 cm³/mol. The Bertz CT molecular complexity index is 1260. The molecule has 1 aromatic carbocycles. The van der Waals surface area contributed by atoms with Gasteiger partial charge in [-0.1, -0.05) is 11.3 Å². The molecule has 1 saturated heterocycles. The van der Waals surface area contributed by atoms with Gasteiger partial charge in [-0.05, 0) is 18.2 Å². The molecule has 0 bridgehead atoms. The second kappa shape index (κ2) is 9.31. The second-order valence-corrected chi connectivity index (χ2v) is 7.60. The minimum absolute atomic E-state index is 0.0441. The molecule has 2 N–H and O–H groups in total. The van der Waals surface area contributed by atoms with Crippen molar-refractivity contribution in [1.82, 2.24) is 40.7 Å². The molecule has 1 amide bonds. The average molecular weight is 467 g/mol. The predicted octanol–water partition coefficient (Wildman–Crippen LogP) is 2.05. The quantitative estimate of drug-likeness (QED) is 0.403. The van der Waals surface area contributed by atoms with Gasteiger partial charge in [-0.25, -0.2) is 18.3 Å². The monoisotopic (exact) mass is 467 g/mol. The lowest BCUT2D eigenvalue weighted by Crippen LogP contribution is -2.27. The van der Waals surface area contributed by atoms with E-state index >= 15 is 0 Å². The third-order valence-corrected chi connectivity index (χ3v) is 5.30. The number of cyclic esters (lactones) is 1. The molecule has 1 aliphatic heterocycles. The molecule has 3 aromatic heterocycles. The fraction of sp³-hybridized carbons (Fsp3) is 0.238. The lowest BCUT2D eigenvalue weighted by atomic mass is 10.1. The number of nitrogens with zero attached hydrogens (tertiary/aromatic N) is 7. The summed E-state index contributed by atoms with van der Waals surface area (Å²) < 4.78 is 36.7. The molecule has 0 unspecified atom stereocenters. The largest absolute Gasteiger partial charge is 0.442 e. The second-order valence-electron chi connectivity index (χ2n) is 7.60. The standard InChI is InChI=1S/C21H19F2N9O2/c22-19-17(13-1-2-14(25-7-13)8-24-9-15-10-27-29-28-15)3-4-18(20(19)23)32-12-16(34-21(32)33)11-31-6-5-26-30-31/h1-7,10,16,24H,8-9,11-12H2,(H,27,28,29)/t16-/m0/s1. The molecule has 0 radical (unpaired) electrons. The Morgan fingerprint density at radius 1 is 1.12 bits per heavy atom. The summed E-state index contributed by atoms with van der Waals surface area (Å²) in [5, 5.41) is 20.9. The summed E-state index contributed by atoms with van der Waals surface area (Å²) in [6.07, 6.45) is 4.90. The maximum Gasteiger partial charge on any atom is 0.414 e. The third kappa shape index (κ3) is 4.45. The molecule has 13 heteroatoms. The van der Waals surface area contributed by atoms with Crippen LogP contribution < -0.4 is 10.2 Å². The highest BCUT2D eigenvalue weighted by Crippen LogP contribution is 2.32. The topological polar surface area (TPSA) is 127 Å². The van der Waals surface area contributed by atoms with Crippen LogP contribution in [0.5, 0.6) is 0 Å². The molecule has 0 spiro atoms. The number of hydrogen-bond acceptors (Lipinski definition) is 8. The van der Waals surface area contributed by atoms with Gasteiger partial charge in [-0.2, -0.15) is 15.4 Å². The van der Waals surface area contributed by atoms with Crippen molar-refractivity contribution in [1.29, 1.82) is 0 Å². The van der Waals surface area contributed by atoms with E-state index in [0.717, 1.165) is 16.3 Å². The Balaban J connectivity index is 1.27. The van der Waals surface area contributed by atoms with E-state index in [1.165, 1.54) is 29.2 Å². The number of H-pyrrole nitrogens is 1. The fourth-order valence-corrected chi connectivity index (χ4v) is 3.64. The number of rotatable bonds is 8. The molecule has 34 heavy (non-hydrogen) atoms. The van der Waals surface area contributed by atoms with Crippen molar-refractivity contribution in [2.75, 3.05) is 11.4 Å². The van der Waals surface area contributed by atoms with Crippen LogP contribution >= 0.6 is 0 Å². The molecule has 1 fully saturated rings. The Kier molecular flexibility index (Phi) is 5.91. The first-order valence-corrected chi connectivity index (χ1v) is 10.4. The first kappa shape index (κ1) is 21.6. The van der Waals surface area contributed by atoms with Gasteiger partial charge in [0.05, 0.1) is 42.6 Å². The van der Waals surface area contributed by atoms with E-state index < -0.39 is 23.8 Å². The summed E-state index contributed by atoms with van der Waals surface area (Å²) in [4.78, 5) is 17.7. The normalized spacial score (nSPS) is 15.6. The van der Waals surface area contributed by atoms with Crippen LogP contribution in [0.25, 0.3) is 11.1 Å². The van der Waals surface area contributed by atoms with Crippen LogP contribution in [0.15, 0.2) is 49.1 Å². The van der Waals surface area contributed by atoms with Gasteiger partial charge in [0.25, 0.3) is 0 Å². The number of carbonyl (C=O) groups excluding carboxylic acids is 1. The van der Waals surface area contributed by atoms with Gasteiger partial charge in [0.2, 0.25) is 0 Å². The maximum atomic E-state index is 15.0. The van der Waals surface area contributed by atoms with Crippen LogP contribution in [0.2, 0.25) is 0 Å². The highest BCUT2D eigenvalue weighted by atomic mass is 19.2. The highest BCUT2D eigenvalue weighted by molar-refractivity contribution is 5.90. The van der Waals surface area contributed by atoms with E-state index in [2.05, 4.69) is 36.0 Å². The van der Waals surface area contributed by atoms with E-state index in [9.17, 15) is 13.6 Å². The molecule has 1 atom stereocenters. The van der Waals surface area contributed by atoms with Crippen molar-refractivity contribution < 1.29 is 18.3 Å². The van der Waals surface area contributed by atoms with E-state index in [-0.39, 0.29) is 24.3 Å². The van der Waals surface area contributed by atoms with Crippen LogP contribution in [-0.2, 0) is 24.4 Å². The number of nitrogens with one attached hydrogen (secondary N) is 2. The number of aromatic amines is 1. The van der Waals surface area contributed by atoms with Gasteiger partial charge in [-0.3, -0.25) is 9.88 Å². The summed E-state index contributed by atoms with van der Waals surface area (Å²) in [7, 11) is 0. The number of benzene rings is 1. The molecule has 4 aromatic rings. The molecule has 4 heterocycles. The van der Waals surface area contributed by atoms with Gasteiger partial charge in [-0.15, -0.1) is 5.10 Å². The minimum atomic E-state index is -1.13. The van der Waals surface area contributed by atoms with Gasteiger partial charge < -0.3 is 10.1 Å². The van der Waals surface area contributed by atoms with E-state index in [1.54, 1.807) is 24.5 Å². The van der Waals surface area contributed by atoms with E-state index in [1.807, 2.05) is 0 Å². The van der Waals surface area contributed by atoms with Crippen LogP contribution in [0, 0.1) is 11.6 Å². The number of carbonyl (C=O) groups is 1. The highest BCUT2D eigenvalue weighted by Gasteiger charge is 2.35. The molecule has 1 aliphatic rings. The number of ether oxygens (including phenoxy) is 1. The molecule has 174 valence electrons. The third-order valence-electron chi connectivity index (χ3n) is 5.30.